The topological polar surface area (TPSA) is 56.0 Å². The van der Waals surface area contributed by atoms with E-state index in [1.807, 2.05) is 6.07 Å². The van der Waals surface area contributed by atoms with Crippen LogP contribution in [-0.4, -0.2) is 9.91 Å². The van der Waals surface area contributed by atoms with Gasteiger partial charge in [0.1, 0.15) is 0 Å². The van der Waals surface area contributed by atoms with E-state index >= 15 is 0 Å². The lowest BCUT2D eigenvalue weighted by atomic mass is 10.1. The molecule has 0 saturated heterocycles. The molecule has 2 aromatic rings. The lowest BCUT2D eigenvalue weighted by Crippen LogP contribution is -1.97. The van der Waals surface area contributed by atoms with Crippen molar-refractivity contribution >= 4 is 11.8 Å². The van der Waals surface area contributed by atoms with Crippen LogP contribution >= 0.6 is 0 Å². The van der Waals surface area contributed by atoms with Gasteiger partial charge in [0.2, 0.25) is 0 Å². The van der Waals surface area contributed by atoms with Crippen molar-refractivity contribution in [3.05, 3.63) is 76.1 Å². The van der Waals surface area contributed by atoms with Gasteiger partial charge in [-0.3, -0.25) is 15.1 Å². The van der Waals surface area contributed by atoms with Gasteiger partial charge in [0.15, 0.2) is 0 Å². The second-order valence-corrected chi connectivity index (χ2v) is 3.44. The molecule has 0 amide bonds. The van der Waals surface area contributed by atoms with E-state index < -0.39 is 0 Å². The predicted molar refractivity (Wildman–Crippen MR) is 65.5 cm³/mol. The molecule has 0 fully saturated rings. The number of benzene rings is 1. The Kier molecular flexibility index (Phi) is 3.25. The lowest BCUT2D eigenvalue weighted by Gasteiger charge is -1.98. The van der Waals surface area contributed by atoms with E-state index in [2.05, 4.69) is 4.98 Å². The summed E-state index contributed by atoms with van der Waals surface area (Å²) >= 11 is 0. The van der Waals surface area contributed by atoms with Gasteiger partial charge in [0.25, 0.3) is 5.70 Å². The van der Waals surface area contributed by atoms with Crippen molar-refractivity contribution in [1.29, 1.82) is 0 Å². The van der Waals surface area contributed by atoms with Crippen LogP contribution in [0, 0.1) is 10.1 Å². The Bertz CT molecular complexity index is 536. The molecule has 0 atom stereocenters. The summed E-state index contributed by atoms with van der Waals surface area (Å²) < 4.78 is 0. The fraction of sp³-hybridized carbons (Fsp3) is 0. The standard InChI is InChI=1S/C13H10N2O2/c16-15(17)13(12-6-2-1-3-7-12)9-11-5-4-8-14-10-11/h1-10H. The number of hydrogen-bond acceptors (Lipinski definition) is 3. The molecule has 84 valence electrons. The summed E-state index contributed by atoms with van der Waals surface area (Å²) in [5.74, 6) is 0. The van der Waals surface area contributed by atoms with E-state index in [9.17, 15) is 10.1 Å². The molecule has 1 heterocycles. The van der Waals surface area contributed by atoms with E-state index in [0.717, 1.165) is 0 Å². The summed E-state index contributed by atoms with van der Waals surface area (Å²) in [5.41, 5.74) is 1.36. The van der Waals surface area contributed by atoms with Gasteiger partial charge in [0, 0.05) is 18.5 Å². The quantitative estimate of drug-likeness (QED) is 0.597. The van der Waals surface area contributed by atoms with Crippen LogP contribution in [0.4, 0.5) is 0 Å². The highest BCUT2D eigenvalue weighted by Crippen LogP contribution is 2.17. The second-order valence-electron chi connectivity index (χ2n) is 3.44. The van der Waals surface area contributed by atoms with E-state index in [-0.39, 0.29) is 10.6 Å². The molecule has 0 spiro atoms. The summed E-state index contributed by atoms with van der Waals surface area (Å²) in [6.45, 7) is 0. The predicted octanol–water partition coefficient (Wildman–Crippen LogP) is 2.86. The summed E-state index contributed by atoms with van der Waals surface area (Å²) in [6.07, 6.45) is 4.74. The van der Waals surface area contributed by atoms with Crippen molar-refractivity contribution in [2.24, 2.45) is 0 Å². The van der Waals surface area contributed by atoms with E-state index in [1.54, 1.807) is 48.8 Å². The average Bonchev–Trinajstić information content (AvgIpc) is 2.38. The minimum Gasteiger partial charge on any atom is -0.264 e. The van der Waals surface area contributed by atoms with Crippen LogP contribution in [0.3, 0.4) is 0 Å². The Morgan fingerprint density at radius 2 is 1.94 bits per heavy atom. The third kappa shape index (κ3) is 2.75. The molecule has 0 saturated carbocycles. The van der Waals surface area contributed by atoms with Crippen molar-refractivity contribution in [3.63, 3.8) is 0 Å². The molecule has 1 aromatic carbocycles. The van der Waals surface area contributed by atoms with Gasteiger partial charge in [-0.25, -0.2) is 0 Å². The highest BCUT2D eigenvalue weighted by Gasteiger charge is 2.13. The summed E-state index contributed by atoms with van der Waals surface area (Å²) in [7, 11) is 0. The van der Waals surface area contributed by atoms with Gasteiger partial charge in [-0.1, -0.05) is 24.3 Å². The fourth-order valence-corrected chi connectivity index (χ4v) is 1.47. The Balaban J connectivity index is 2.44. The maximum Gasteiger partial charge on any atom is 0.277 e. The second kappa shape index (κ2) is 5.03. The van der Waals surface area contributed by atoms with Crippen molar-refractivity contribution in [2.45, 2.75) is 0 Å². The zero-order valence-corrected chi connectivity index (χ0v) is 8.98. The number of aromatic nitrogens is 1. The molecule has 0 aliphatic heterocycles. The van der Waals surface area contributed by atoms with Crippen molar-refractivity contribution < 1.29 is 4.92 Å². The Hall–Kier alpha value is -2.49. The largest absolute Gasteiger partial charge is 0.277 e. The minimum absolute atomic E-state index is 0.0681. The third-order valence-corrected chi connectivity index (χ3v) is 2.25. The molecule has 0 aliphatic carbocycles. The highest BCUT2D eigenvalue weighted by molar-refractivity contribution is 5.75. The van der Waals surface area contributed by atoms with Crippen molar-refractivity contribution in [1.82, 2.24) is 4.98 Å². The molecule has 4 nitrogen and oxygen atoms in total. The monoisotopic (exact) mass is 226 g/mol. The van der Waals surface area contributed by atoms with Crippen molar-refractivity contribution in [2.75, 3.05) is 0 Å². The van der Waals surface area contributed by atoms with Gasteiger partial charge in [-0.2, -0.15) is 0 Å². The Morgan fingerprint density at radius 1 is 1.18 bits per heavy atom. The first-order valence-electron chi connectivity index (χ1n) is 5.09. The average molecular weight is 226 g/mol. The zero-order chi connectivity index (χ0) is 12.1. The van der Waals surface area contributed by atoms with E-state index in [1.165, 1.54) is 6.08 Å². The number of pyridine rings is 1. The zero-order valence-electron chi connectivity index (χ0n) is 8.98. The Labute approximate surface area is 98.4 Å². The fourth-order valence-electron chi connectivity index (χ4n) is 1.47. The smallest absolute Gasteiger partial charge is 0.264 e. The molecule has 0 aliphatic rings. The maximum atomic E-state index is 11.0. The van der Waals surface area contributed by atoms with E-state index in [4.69, 9.17) is 0 Å². The van der Waals surface area contributed by atoms with Crippen LogP contribution in [0.15, 0.2) is 54.9 Å². The normalized spacial score (nSPS) is 11.2. The minimum atomic E-state index is -0.387. The van der Waals surface area contributed by atoms with Crippen molar-refractivity contribution in [3.8, 4) is 0 Å². The van der Waals surface area contributed by atoms with Crippen LogP contribution in [0.25, 0.3) is 11.8 Å². The number of rotatable bonds is 3. The van der Waals surface area contributed by atoms with Crippen LogP contribution in [0.2, 0.25) is 0 Å². The number of nitro groups is 1. The van der Waals surface area contributed by atoms with E-state index in [0.29, 0.717) is 11.1 Å². The molecule has 0 radical (unpaired) electrons. The van der Waals surface area contributed by atoms with Crippen LogP contribution in [-0.2, 0) is 0 Å². The summed E-state index contributed by atoms with van der Waals surface area (Å²) in [4.78, 5) is 14.6. The molecule has 17 heavy (non-hydrogen) atoms. The summed E-state index contributed by atoms with van der Waals surface area (Å²) in [5, 5.41) is 11.0. The van der Waals surface area contributed by atoms with Gasteiger partial charge < -0.3 is 0 Å². The Morgan fingerprint density at radius 3 is 2.53 bits per heavy atom. The van der Waals surface area contributed by atoms with Crippen LogP contribution in [0.1, 0.15) is 11.1 Å². The molecule has 2 rings (SSSR count). The molecule has 0 N–H and O–H groups in total. The lowest BCUT2D eigenvalue weighted by molar-refractivity contribution is -0.374. The van der Waals surface area contributed by atoms with Gasteiger partial charge in [0.05, 0.1) is 10.5 Å². The first-order valence-corrected chi connectivity index (χ1v) is 5.09. The SMILES string of the molecule is O=[N+]([O-])C(=Cc1cccnc1)c1ccccc1. The summed E-state index contributed by atoms with van der Waals surface area (Å²) in [6, 6.07) is 12.3. The van der Waals surface area contributed by atoms with Gasteiger partial charge >= 0.3 is 0 Å². The van der Waals surface area contributed by atoms with Gasteiger partial charge in [-0.15, -0.1) is 0 Å². The maximum absolute atomic E-state index is 11.0. The number of nitrogens with zero attached hydrogens (tertiary/aromatic N) is 2. The van der Waals surface area contributed by atoms with Gasteiger partial charge in [-0.05, 0) is 23.8 Å². The molecule has 0 unspecified atom stereocenters. The molecular formula is C13H10N2O2. The molecule has 0 bridgehead atoms. The highest BCUT2D eigenvalue weighted by atomic mass is 16.6. The first-order chi connectivity index (χ1) is 8.27. The molecule has 4 heteroatoms. The number of hydrogen-bond donors (Lipinski definition) is 0. The first kappa shape index (κ1) is 11.0. The third-order valence-electron chi connectivity index (χ3n) is 2.25. The van der Waals surface area contributed by atoms with Crippen LogP contribution in [0.5, 0.6) is 0 Å². The molecular weight excluding hydrogens is 216 g/mol. The van der Waals surface area contributed by atoms with Crippen LogP contribution < -0.4 is 0 Å². The molecule has 1 aromatic heterocycles.